The van der Waals surface area contributed by atoms with E-state index in [1.54, 1.807) is 90.4 Å². The van der Waals surface area contributed by atoms with Crippen molar-refractivity contribution in [3.63, 3.8) is 0 Å². The lowest BCUT2D eigenvalue weighted by Crippen LogP contribution is -2.24. The zero-order valence-corrected chi connectivity index (χ0v) is 35.7. The first kappa shape index (κ1) is 43.3. The fourth-order valence-electron chi connectivity index (χ4n) is 7.92. The highest BCUT2D eigenvalue weighted by Gasteiger charge is 2.24. The van der Waals surface area contributed by atoms with Gasteiger partial charge in [0.1, 0.15) is 23.3 Å². The van der Waals surface area contributed by atoms with Crippen LogP contribution in [0.5, 0.6) is 0 Å². The molecule has 0 aliphatic rings. The molecule has 0 unspecified atom stereocenters. The average Bonchev–Trinajstić information content (AvgIpc) is 3.99. The zero-order valence-electron chi connectivity index (χ0n) is 35.7. The quantitative estimate of drug-likeness (QED) is 0.0952. The maximum absolute atomic E-state index is 13.9. The number of rotatable bonds is 12. The van der Waals surface area contributed by atoms with Gasteiger partial charge in [-0.2, -0.15) is 10.2 Å². The third-order valence-electron chi connectivity index (χ3n) is 10.9. The summed E-state index contributed by atoms with van der Waals surface area (Å²) >= 11 is 0. The van der Waals surface area contributed by atoms with Crippen LogP contribution in [0.2, 0.25) is 0 Å². The van der Waals surface area contributed by atoms with Crippen LogP contribution in [0.25, 0.3) is 89.1 Å². The summed E-state index contributed by atoms with van der Waals surface area (Å²) in [5.41, 5.74) is 10.8. The van der Waals surface area contributed by atoms with Crippen LogP contribution in [0, 0.1) is 23.3 Å². The van der Waals surface area contributed by atoms with Gasteiger partial charge in [-0.1, -0.05) is 24.3 Å². The van der Waals surface area contributed by atoms with Gasteiger partial charge in [-0.25, -0.2) is 32.2 Å². The number of H-pyrrole nitrogens is 1. The first-order chi connectivity index (χ1) is 32.3. The highest BCUT2D eigenvalue weighted by atomic mass is 19.1. The number of hydrogen-bond acceptors (Lipinski definition) is 8. The van der Waals surface area contributed by atoms with Crippen LogP contribution in [0.4, 0.5) is 17.6 Å². The third kappa shape index (κ3) is 9.05. The Bertz CT molecular complexity index is 3220. The van der Waals surface area contributed by atoms with Crippen molar-refractivity contribution in [1.29, 1.82) is 0 Å². The average molecular weight is 885 g/mol. The number of ether oxygens (including phenoxy) is 2. The number of aromatic amines is 1. The van der Waals surface area contributed by atoms with Gasteiger partial charge < -0.3 is 9.47 Å². The summed E-state index contributed by atoms with van der Waals surface area (Å²) in [7, 11) is 0. The molecular formula is C52H40F4N8O2. The van der Waals surface area contributed by atoms with Gasteiger partial charge in [0.2, 0.25) is 0 Å². The molecule has 0 aliphatic carbocycles. The molecule has 66 heavy (non-hydrogen) atoms. The van der Waals surface area contributed by atoms with E-state index in [1.165, 1.54) is 48.5 Å². The molecule has 10 aromatic rings. The minimum absolute atomic E-state index is 0.310. The van der Waals surface area contributed by atoms with Crippen LogP contribution in [-0.2, 0) is 16.0 Å². The predicted octanol–water partition coefficient (Wildman–Crippen LogP) is 12.1. The Kier molecular flexibility index (Phi) is 12.8. The van der Waals surface area contributed by atoms with E-state index < -0.39 is 6.29 Å². The number of hydrogen-bond donors (Lipinski definition) is 1. The molecule has 1 N–H and O–H groups in total. The van der Waals surface area contributed by atoms with Crippen LogP contribution in [0.3, 0.4) is 0 Å². The molecule has 10 rings (SSSR count). The molecule has 0 bridgehead atoms. The Morgan fingerprint density at radius 3 is 1.35 bits per heavy atom. The molecule has 0 saturated carbocycles. The lowest BCUT2D eigenvalue weighted by molar-refractivity contribution is -0.144. The summed E-state index contributed by atoms with van der Waals surface area (Å²) in [6.45, 7) is 5.13. The molecule has 0 amide bonds. The van der Waals surface area contributed by atoms with Crippen molar-refractivity contribution in [2.24, 2.45) is 0 Å². The topological polar surface area (TPSA) is 117 Å². The predicted molar refractivity (Wildman–Crippen MR) is 246 cm³/mol. The van der Waals surface area contributed by atoms with E-state index in [9.17, 15) is 17.6 Å². The number of halogens is 4. The standard InChI is InChI=1S/C29H26F2N4O2.C23H14F2N4/c1-3-36-25(37-4-2)18-35-29-24(17-33-35)26(19-5-9-22(30)10-6-19)27(20-13-15-32-16-14-20)28(34-29)21-7-11-23(31)12-8-21;24-17-5-1-14(2-6-17)20-19-13-27-29-23(19)28-22(16-3-7-18(25)8-4-16)21(20)15-9-11-26-12-10-15/h5-17,25H,3-4,18H2,1-2H3;1-13H,(H,27,28,29). The third-order valence-corrected chi connectivity index (χ3v) is 10.9. The first-order valence-corrected chi connectivity index (χ1v) is 21.1. The molecule has 0 fully saturated rings. The lowest BCUT2D eigenvalue weighted by Gasteiger charge is -2.19. The summed E-state index contributed by atoms with van der Waals surface area (Å²) in [5.74, 6) is -1.29. The van der Waals surface area contributed by atoms with Gasteiger partial charge in [-0.05, 0) is 133 Å². The van der Waals surface area contributed by atoms with E-state index in [-0.39, 0.29) is 23.3 Å². The van der Waals surface area contributed by atoms with Gasteiger partial charge in [0.25, 0.3) is 0 Å². The molecule has 14 heteroatoms. The second-order valence-corrected chi connectivity index (χ2v) is 15.0. The molecule has 0 radical (unpaired) electrons. The summed E-state index contributed by atoms with van der Waals surface area (Å²) in [6.07, 6.45) is 9.80. The van der Waals surface area contributed by atoms with E-state index >= 15 is 0 Å². The number of nitrogens with one attached hydrogen (secondary N) is 1. The van der Waals surface area contributed by atoms with E-state index in [0.29, 0.717) is 42.4 Å². The monoisotopic (exact) mass is 884 g/mol. The fraction of sp³-hybridized carbons (Fsp3) is 0.115. The molecule has 0 saturated heterocycles. The number of benzene rings is 4. The van der Waals surface area contributed by atoms with E-state index in [2.05, 4.69) is 25.3 Å². The van der Waals surface area contributed by atoms with Crippen molar-refractivity contribution in [3.8, 4) is 67.0 Å². The first-order valence-electron chi connectivity index (χ1n) is 21.1. The SMILES string of the molecule is CCOC(Cn1ncc2c(-c3ccc(F)cc3)c(-c3ccncc3)c(-c3ccc(F)cc3)nc21)OCC.Fc1ccc(-c2nc3[nH]ncc3c(-c3ccc(F)cc3)c2-c2ccncc2)cc1. The second-order valence-electron chi connectivity index (χ2n) is 15.0. The van der Waals surface area contributed by atoms with Crippen molar-refractivity contribution in [3.05, 3.63) is 182 Å². The Balaban J connectivity index is 0.000000171. The summed E-state index contributed by atoms with van der Waals surface area (Å²) < 4.78 is 68.1. The highest BCUT2D eigenvalue weighted by Crippen LogP contribution is 2.44. The van der Waals surface area contributed by atoms with Crippen molar-refractivity contribution < 1.29 is 27.0 Å². The molecular weight excluding hydrogens is 845 g/mol. The zero-order chi connectivity index (χ0) is 45.6. The van der Waals surface area contributed by atoms with E-state index in [1.807, 2.05) is 38.1 Å². The second kappa shape index (κ2) is 19.4. The molecule has 10 nitrogen and oxygen atoms in total. The minimum Gasteiger partial charge on any atom is -0.351 e. The van der Waals surface area contributed by atoms with Crippen molar-refractivity contribution in [1.82, 2.24) is 39.9 Å². The summed E-state index contributed by atoms with van der Waals surface area (Å²) in [6, 6.07) is 32.7. The smallest absolute Gasteiger partial charge is 0.177 e. The van der Waals surface area contributed by atoms with Crippen LogP contribution >= 0.6 is 0 Å². The summed E-state index contributed by atoms with van der Waals surface area (Å²) in [4.78, 5) is 18.1. The molecule has 6 aromatic heterocycles. The van der Waals surface area contributed by atoms with Gasteiger partial charge >= 0.3 is 0 Å². The van der Waals surface area contributed by atoms with Crippen molar-refractivity contribution >= 4 is 22.1 Å². The van der Waals surface area contributed by atoms with Crippen molar-refractivity contribution in [2.75, 3.05) is 13.2 Å². The molecule has 0 aliphatic heterocycles. The van der Waals surface area contributed by atoms with E-state index in [0.717, 1.165) is 66.4 Å². The van der Waals surface area contributed by atoms with Gasteiger partial charge in [0, 0.05) is 82.2 Å². The van der Waals surface area contributed by atoms with Gasteiger partial charge in [0.05, 0.1) is 30.3 Å². The highest BCUT2D eigenvalue weighted by molar-refractivity contribution is 6.07. The molecule has 4 aromatic carbocycles. The normalized spacial score (nSPS) is 11.3. The molecule has 6 heterocycles. The fourth-order valence-corrected chi connectivity index (χ4v) is 7.92. The number of aromatic nitrogens is 8. The van der Waals surface area contributed by atoms with Gasteiger partial charge in [-0.15, -0.1) is 0 Å². The maximum Gasteiger partial charge on any atom is 0.177 e. The number of fused-ring (bicyclic) bond motifs is 2. The lowest BCUT2D eigenvalue weighted by atomic mass is 9.89. The Hall–Kier alpha value is -7.94. The number of pyridine rings is 4. The Labute approximate surface area is 376 Å². The van der Waals surface area contributed by atoms with Crippen LogP contribution in [0.1, 0.15) is 13.8 Å². The van der Waals surface area contributed by atoms with Crippen LogP contribution in [-0.4, -0.2) is 59.4 Å². The Morgan fingerprint density at radius 2 is 0.894 bits per heavy atom. The minimum atomic E-state index is -0.497. The molecule has 0 spiro atoms. The molecule has 0 atom stereocenters. The maximum atomic E-state index is 13.9. The van der Waals surface area contributed by atoms with Crippen LogP contribution in [0.15, 0.2) is 159 Å². The number of nitrogens with zero attached hydrogens (tertiary/aromatic N) is 7. The van der Waals surface area contributed by atoms with Crippen LogP contribution < -0.4 is 0 Å². The Morgan fingerprint density at radius 1 is 0.485 bits per heavy atom. The largest absolute Gasteiger partial charge is 0.351 e. The van der Waals surface area contributed by atoms with Crippen molar-refractivity contribution in [2.45, 2.75) is 26.7 Å². The summed E-state index contributed by atoms with van der Waals surface area (Å²) in [5, 5.41) is 13.3. The van der Waals surface area contributed by atoms with Gasteiger partial charge in [0.15, 0.2) is 17.6 Å². The van der Waals surface area contributed by atoms with E-state index in [4.69, 9.17) is 19.4 Å². The molecule has 328 valence electrons. The van der Waals surface area contributed by atoms with Gasteiger partial charge in [-0.3, -0.25) is 15.1 Å².